The van der Waals surface area contributed by atoms with E-state index in [-0.39, 0.29) is 17.9 Å². The quantitative estimate of drug-likeness (QED) is 0.202. The van der Waals surface area contributed by atoms with Crippen molar-refractivity contribution in [2.75, 3.05) is 19.8 Å². The first-order valence-corrected chi connectivity index (χ1v) is 7.48. The minimum Gasteiger partial charge on any atom is -0.330 e. The van der Waals surface area contributed by atoms with Gasteiger partial charge in [0.25, 0.3) is 0 Å². The summed E-state index contributed by atoms with van der Waals surface area (Å²) in [4.78, 5) is 22.4. The van der Waals surface area contributed by atoms with E-state index in [4.69, 9.17) is 11.5 Å². The van der Waals surface area contributed by atoms with Crippen LogP contribution in [-0.4, -0.2) is 43.9 Å². The number of ketones is 1. The third-order valence-electron chi connectivity index (χ3n) is 3.28. The van der Waals surface area contributed by atoms with Crippen molar-refractivity contribution in [3.63, 3.8) is 0 Å². The fraction of sp³-hybridized carbons (Fsp3) is 0.857. The van der Waals surface area contributed by atoms with Gasteiger partial charge in [0.1, 0.15) is 12.1 Å². The van der Waals surface area contributed by atoms with E-state index in [0.29, 0.717) is 19.8 Å². The molecule has 0 radical (unpaired) electrons. The van der Waals surface area contributed by atoms with Crippen molar-refractivity contribution < 1.29 is 9.59 Å². The molecule has 0 aromatic carbocycles. The number of aldehydes is 1. The fourth-order valence-electron chi connectivity index (χ4n) is 1.98. The van der Waals surface area contributed by atoms with Gasteiger partial charge in [-0.3, -0.25) is 15.4 Å². The van der Waals surface area contributed by atoms with Crippen molar-refractivity contribution in [1.82, 2.24) is 10.6 Å². The van der Waals surface area contributed by atoms with Crippen LogP contribution in [0, 0.1) is 0 Å². The van der Waals surface area contributed by atoms with Crippen LogP contribution in [0.15, 0.2) is 0 Å². The van der Waals surface area contributed by atoms with Crippen molar-refractivity contribution in [3.8, 4) is 0 Å². The second-order valence-corrected chi connectivity index (χ2v) is 5.06. The normalized spacial score (nSPS) is 13.9. The minimum atomic E-state index is -0.175. The number of hydrogen-bond donors (Lipinski definition) is 4. The Bertz CT molecular complexity index is 262. The molecule has 2 atom stereocenters. The van der Waals surface area contributed by atoms with Crippen LogP contribution in [-0.2, 0) is 9.59 Å². The monoisotopic (exact) mass is 286 g/mol. The van der Waals surface area contributed by atoms with E-state index >= 15 is 0 Å². The maximum absolute atomic E-state index is 11.5. The van der Waals surface area contributed by atoms with Crippen molar-refractivity contribution >= 4 is 12.1 Å². The number of nitrogens with one attached hydrogen (secondary N) is 2. The molecule has 0 aromatic heterocycles. The van der Waals surface area contributed by atoms with Crippen LogP contribution in [0.5, 0.6) is 0 Å². The van der Waals surface area contributed by atoms with Gasteiger partial charge in [0.05, 0.1) is 12.1 Å². The molecule has 0 bridgehead atoms. The molecule has 6 heteroatoms. The van der Waals surface area contributed by atoms with Gasteiger partial charge in [-0.2, -0.15) is 0 Å². The number of hydrogen-bond acceptors (Lipinski definition) is 6. The zero-order chi connectivity index (χ0) is 15.2. The Hall–Kier alpha value is -0.820. The molecule has 0 saturated carbocycles. The molecule has 0 rings (SSSR count). The first kappa shape index (κ1) is 19.2. The Morgan fingerprint density at radius 2 is 1.65 bits per heavy atom. The van der Waals surface area contributed by atoms with Gasteiger partial charge >= 0.3 is 0 Å². The first-order valence-electron chi connectivity index (χ1n) is 7.48. The molecule has 0 amide bonds. The van der Waals surface area contributed by atoms with Crippen LogP contribution in [0.1, 0.15) is 45.4 Å². The summed E-state index contributed by atoms with van der Waals surface area (Å²) in [6, 6.07) is -0.337. The second kappa shape index (κ2) is 13.2. The molecule has 0 heterocycles. The van der Waals surface area contributed by atoms with E-state index < -0.39 is 0 Å². The van der Waals surface area contributed by atoms with Crippen LogP contribution < -0.4 is 22.1 Å². The Morgan fingerprint density at radius 1 is 1.05 bits per heavy atom. The van der Waals surface area contributed by atoms with E-state index in [1.807, 2.05) is 0 Å². The Kier molecular flexibility index (Phi) is 12.6. The Balaban J connectivity index is 3.89. The highest BCUT2D eigenvalue weighted by Crippen LogP contribution is 2.01. The fourth-order valence-corrected chi connectivity index (χ4v) is 1.98. The third-order valence-corrected chi connectivity index (χ3v) is 3.28. The highest BCUT2D eigenvalue weighted by atomic mass is 16.1. The zero-order valence-corrected chi connectivity index (χ0v) is 12.6. The van der Waals surface area contributed by atoms with Gasteiger partial charge in [-0.15, -0.1) is 0 Å². The number of unbranched alkanes of at least 4 members (excludes halogenated alkanes) is 2. The number of carbonyl (C=O) groups excluding carboxylic acids is 2. The smallest absolute Gasteiger partial charge is 0.146 e. The molecule has 0 spiro atoms. The summed E-state index contributed by atoms with van der Waals surface area (Å²) in [7, 11) is 0. The number of rotatable bonds is 14. The molecular formula is C14H30N4O2. The van der Waals surface area contributed by atoms with Crippen molar-refractivity contribution in [1.29, 1.82) is 0 Å². The minimum absolute atomic E-state index is 0.120. The molecular weight excluding hydrogens is 256 g/mol. The highest BCUT2D eigenvalue weighted by Gasteiger charge is 2.13. The summed E-state index contributed by atoms with van der Waals surface area (Å²) in [5, 5.41) is 6.26. The summed E-state index contributed by atoms with van der Waals surface area (Å²) in [5.41, 5.74) is 10.9. The molecule has 0 unspecified atom stereocenters. The van der Waals surface area contributed by atoms with Gasteiger partial charge in [-0.25, -0.2) is 0 Å². The van der Waals surface area contributed by atoms with Gasteiger partial charge in [0.15, 0.2) is 0 Å². The van der Waals surface area contributed by atoms with Crippen molar-refractivity contribution in [3.05, 3.63) is 0 Å². The summed E-state index contributed by atoms with van der Waals surface area (Å²) in [5.74, 6) is 0.120. The number of carbonyl (C=O) groups is 2. The zero-order valence-electron chi connectivity index (χ0n) is 12.6. The predicted octanol–water partition coefficient (Wildman–Crippen LogP) is -0.0938. The van der Waals surface area contributed by atoms with Crippen LogP contribution in [0.4, 0.5) is 0 Å². The Labute approximate surface area is 122 Å². The number of nitrogens with two attached hydrogens (primary N) is 2. The van der Waals surface area contributed by atoms with Gasteiger partial charge in [-0.05, 0) is 45.7 Å². The van der Waals surface area contributed by atoms with Crippen LogP contribution in [0.25, 0.3) is 0 Å². The van der Waals surface area contributed by atoms with E-state index in [1.165, 1.54) is 0 Å². The second-order valence-electron chi connectivity index (χ2n) is 5.06. The maximum atomic E-state index is 11.5. The van der Waals surface area contributed by atoms with Crippen LogP contribution in [0.2, 0.25) is 0 Å². The molecule has 6 N–H and O–H groups in total. The van der Waals surface area contributed by atoms with E-state index in [9.17, 15) is 9.59 Å². The highest BCUT2D eigenvalue weighted by molar-refractivity contribution is 5.81. The summed E-state index contributed by atoms with van der Waals surface area (Å²) >= 11 is 0. The third kappa shape index (κ3) is 10.0. The molecule has 118 valence electrons. The van der Waals surface area contributed by atoms with Gasteiger partial charge in [0.2, 0.25) is 0 Å². The lowest BCUT2D eigenvalue weighted by atomic mass is 10.1. The van der Waals surface area contributed by atoms with Crippen LogP contribution in [0.3, 0.4) is 0 Å². The maximum Gasteiger partial charge on any atom is 0.146 e. The largest absolute Gasteiger partial charge is 0.330 e. The van der Waals surface area contributed by atoms with Gasteiger partial charge in [0, 0.05) is 6.67 Å². The predicted molar refractivity (Wildman–Crippen MR) is 81.3 cm³/mol. The van der Waals surface area contributed by atoms with Crippen molar-refractivity contribution in [2.24, 2.45) is 11.5 Å². The molecule has 20 heavy (non-hydrogen) atoms. The standard InChI is InChI=1S/C14H30N4O2/c1-12(20)14(7-3-5-9-16)18-11-17-13(10-19)6-2-4-8-15/h10,13-14,17-18H,2-9,11,15-16H2,1H3/t13-,14-/m0/s1. The lowest BCUT2D eigenvalue weighted by molar-refractivity contribution is -0.119. The van der Waals surface area contributed by atoms with Crippen molar-refractivity contribution in [2.45, 2.75) is 57.5 Å². The Morgan fingerprint density at radius 3 is 2.15 bits per heavy atom. The summed E-state index contributed by atoms with van der Waals surface area (Å²) < 4.78 is 0. The van der Waals surface area contributed by atoms with Gasteiger partial charge in [-0.1, -0.05) is 12.8 Å². The molecule has 0 aliphatic carbocycles. The average molecular weight is 286 g/mol. The average Bonchev–Trinajstić information content (AvgIpc) is 2.43. The van der Waals surface area contributed by atoms with Gasteiger partial charge < -0.3 is 16.3 Å². The van der Waals surface area contributed by atoms with Crippen LogP contribution >= 0.6 is 0 Å². The molecule has 0 fully saturated rings. The topological polar surface area (TPSA) is 110 Å². The molecule has 0 aromatic rings. The molecule has 0 aliphatic heterocycles. The molecule has 0 aliphatic rings. The van der Waals surface area contributed by atoms with E-state index in [1.54, 1.807) is 6.92 Å². The molecule has 0 saturated heterocycles. The molecule has 6 nitrogen and oxygen atoms in total. The lowest BCUT2D eigenvalue weighted by Gasteiger charge is -2.18. The summed E-state index contributed by atoms with van der Waals surface area (Å²) in [6.07, 6.45) is 6.19. The lowest BCUT2D eigenvalue weighted by Crippen LogP contribution is -2.44. The van der Waals surface area contributed by atoms with E-state index in [2.05, 4.69) is 10.6 Å². The summed E-state index contributed by atoms with van der Waals surface area (Å²) in [6.45, 7) is 3.34. The SMILES string of the molecule is CC(=O)[C@H](CCCCN)NCN[C@H](C=O)CCCCN. The first-order chi connectivity index (χ1) is 9.65. The number of Topliss-reactive ketones (excluding diaryl/α,β-unsaturated/α-hetero) is 1. The van der Waals surface area contributed by atoms with E-state index in [0.717, 1.165) is 44.8 Å².